The second kappa shape index (κ2) is 86.2. The predicted octanol–water partition coefficient (Wildman–Crippen LogP) is -9.00. The first-order valence-corrected chi connectivity index (χ1v) is 6.36. The van der Waals surface area contributed by atoms with Gasteiger partial charge in [0.05, 0.1) is 0 Å². The summed E-state index contributed by atoms with van der Waals surface area (Å²) in [5.74, 6) is 0. The molecule has 0 spiro atoms. The van der Waals surface area contributed by atoms with Crippen molar-refractivity contribution in [1.29, 1.82) is 0 Å². The first-order valence-electron chi connectivity index (χ1n) is 1.22. The molecule has 0 aliphatic carbocycles. The summed E-state index contributed by atoms with van der Waals surface area (Å²) in [6.45, 7) is 0. The van der Waals surface area contributed by atoms with Crippen molar-refractivity contribution in [3.05, 3.63) is 0 Å². The molecule has 0 aliphatic rings. The third-order valence-corrected chi connectivity index (χ3v) is 0. The Balaban J connectivity index is -0.00000000720. The minimum absolute atomic E-state index is 0. The van der Waals surface area contributed by atoms with E-state index >= 15 is 0 Å². The maximum atomic E-state index is 8.50. The average Bonchev–Trinajstić information content (AvgIpc) is 1.70. The third-order valence-electron chi connectivity index (χ3n) is 0. The van der Waals surface area contributed by atoms with E-state index in [4.69, 9.17) is 23.7 Å². The van der Waals surface area contributed by atoms with E-state index in [1.807, 2.05) is 0 Å². The number of rotatable bonds is 0. The fourth-order valence-corrected chi connectivity index (χ4v) is 0. The molecule has 13 heavy (non-hydrogen) atoms. The van der Waals surface area contributed by atoms with Crippen LogP contribution in [0.2, 0.25) is 0 Å². The first kappa shape index (κ1) is 45.0. The minimum atomic E-state index is -2.00. The summed E-state index contributed by atoms with van der Waals surface area (Å²) in [4.78, 5) is 0. The summed E-state index contributed by atoms with van der Waals surface area (Å²) in [6.07, 6.45) is 0. The predicted molar refractivity (Wildman–Crippen MR) is 54.9 cm³/mol. The van der Waals surface area contributed by atoms with Crippen LogP contribution in [0.25, 0.3) is 0 Å². The monoisotopic (exact) mass is 576 g/mol. The molecule has 0 aliphatic heterocycles. The van der Waals surface area contributed by atoms with Gasteiger partial charge in [0, 0.05) is 0 Å². The van der Waals surface area contributed by atoms with E-state index in [9.17, 15) is 0 Å². The summed E-state index contributed by atoms with van der Waals surface area (Å²) in [7, 11) is 0. The van der Waals surface area contributed by atoms with Crippen LogP contribution in [-0.4, -0.2) is 117 Å². The molecule has 0 aromatic heterocycles. The van der Waals surface area contributed by atoms with Crippen molar-refractivity contribution >= 4 is 117 Å². The fourth-order valence-electron chi connectivity index (χ4n) is 0. The quantitative estimate of drug-likeness (QED) is 0.268. The van der Waals surface area contributed by atoms with Gasteiger partial charge in [0.1, 0.15) is 0 Å². The molecular weight excluding hydrogens is 559 g/mol. The zero-order valence-corrected chi connectivity index (χ0v) is 27.6. The molecule has 0 amide bonds. The van der Waals surface area contributed by atoms with Crippen LogP contribution in [0.15, 0.2) is 0 Å². The summed E-state index contributed by atoms with van der Waals surface area (Å²) in [5, 5.41) is 0. The molecule has 0 bridgehead atoms. The second-order valence-corrected chi connectivity index (χ2v) is 1.30. The molecule has 13 heteroatoms. The zero-order chi connectivity index (χ0) is 8.12. The van der Waals surface area contributed by atoms with Gasteiger partial charge in [0.15, 0.2) is 0 Å². The van der Waals surface area contributed by atoms with Gasteiger partial charge in [-0.25, -0.2) is 0 Å². The van der Waals surface area contributed by atoms with Crippen LogP contribution in [-0.2, 0) is 11.3 Å². The van der Waals surface area contributed by atoms with Gasteiger partial charge in [-0.15, -0.1) is 0 Å². The van der Waals surface area contributed by atoms with E-state index in [0.29, 0.717) is 0 Å². The van der Waals surface area contributed by atoms with E-state index in [1.165, 1.54) is 0 Å². The van der Waals surface area contributed by atoms with Crippen molar-refractivity contribution in [2.45, 2.75) is 0 Å². The summed E-state index contributed by atoms with van der Waals surface area (Å²) < 4.78 is 51.0. The molecule has 0 N–H and O–H groups in total. The van der Waals surface area contributed by atoms with Crippen LogP contribution < -0.4 is 12.4 Å². The molecule has 0 unspecified atom stereocenters. The van der Waals surface area contributed by atoms with Gasteiger partial charge in [-0.2, -0.15) is 0 Å². The molecule has 0 aromatic rings. The van der Waals surface area contributed by atoms with Crippen molar-refractivity contribution in [2.75, 3.05) is 0 Å². The van der Waals surface area contributed by atoms with Crippen molar-refractivity contribution < 1.29 is 23.7 Å². The molecule has 72 valence electrons. The zero-order valence-electron chi connectivity index (χ0n) is 7.53. The van der Waals surface area contributed by atoms with E-state index in [1.54, 1.807) is 0 Å². The van der Waals surface area contributed by atoms with Crippen LogP contribution >= 0.6 is 0 Å². The van der Waals surface area contributed by atoms with Crippen molar-refractivity contribution in [2.24, 2.45) is 0 Å². The Kier molecular flexibility index (Phi) is 298. The molecule has 0 rings (SSSR count). The summed E-state index contributed by atoms with van der Waals surface area (Å²) in [5.41, 5.74) is 0. The molecule has 0 aromatic carbocycles. The van der Waals surface area contributed by atoms with Gasteiger partial charge in [-0.3, -0.25) is 0 Å². The molecule has 0 atom stereocenters. The molecule has 0 saturated heterocycles. The van der Waals surface area contributed by atoms with Crippen molar-refractivity contribution in [3.63, 3.8) is 0 Å². The van der Waals surface area contributed by atoms with Crippen LogP contribution in [0, 0.1) is 0 Å². The van der Waals surface area contributed by atoms with E-state index in [-0.39, 0.29) is 70.2 Å². The number of hydrogen-bond donors (Lipinski definition) is 0. The third kappa shape index (κ3) is 345. The average molecular weight is 568 g/mol. The number of hydrogen-bond acceptors (Lipinski definition) is 6. The van der Waals surface area contributed by atoms with Crippen LogP contribution in [0.4, 0.5) is 0 Å². The van der Waals surface area contributed by atoms with Crippen molar-refractivity contribution in [3.8, 4) is 0 Å². The van der Waals surface area contributed by atoms with E-state index < -0.39 is 47.1 Å². The van der Waals surface area contributed by atoms with Crippen LogP contribution in [0.3, 0.4) is 0 Å². The van der Waals surface area contributed by atoms with Gasteiger partial charge >= 0.3 is 141 Å². The SMILES string of the molecule is [Al+3].[GeH3].[GeH3].[GeH3].[O]=[Ge][O-].[O]=[Ge][O-].[O]=[Ge][O-]. The van der Waals surface area contributed by atoms with Gasteiger partial charge in [0.2, 0.25) is 0 Å². The first-order chi connectivity index (χ1) is 4.24. The Bertz CT molecular complexity index is 53.9. The van der Waals surface area contributed by atoms with Gasteiger partial charge in [-0.05, 0) is 0 Å². The van der Waals surface area contributed by atoms with Gasteiger partial charge in [0.25, 0.3) is 0 Å². The molecule has 0 heterocycles. The second-order valence-electron chi connectivity index (χ2n) is 0.250. The Morgan fingerprint density at radius 2 is 0.615 bits per heavy atom. The topological polar surface area (TPSA) is 120 Å². The normalized spacial score (nSPS) is 2.77. The Morgan fingerprint density at radius 1 is 0.615 bits per heavy atom. The van der Waals surface area contributed by atoms with Gasteiger partial charge in [-0.1, -0.05) is 0 Å². The summed E-state index contributed by atoms with van der Waals surface area (Å²) >= 11 is -6.00. The maximum absolute atomic E-state index is 8.50. The van der Waals surface area contributed by atoms with Crippen LogP contribution in [0.1, 0.15) is 0 Å². The molecule has 6 radical (unpaired) electrons. The standard InChI is InChI=1S/Al.3GeO2.3GeH3/c;3*2-1-3;;;/h;;;;3*1H3/q+3;3*-1;;;. The molecular formula is H9AlGe6O6. The Labute approximate surface area is 139 Å². The van der Waals surface area contributed by atoms with Gasteiger partial charge < -0.3 is 0 Å². The molecule has 0 saturated carbocycles. The fraction of sp³-hybridized carbons (Fsp3) is 0. The Morgan fingerprint density at radius 3 is 0.615 bits per heavy atom. The van der Waals surface area contributed by atoms with Crippen molar-refractivity contribution in [1.82, 2.24) is 0 Å². The molecule has 6 nitrogen and oxygen atoms in total. The van der Waals surface area contributed by atoms with E-state index in [0.717, 1.165) is 0 Å². The Hall–Kier alpha value is 2.59. The molecule has 0 fully saturated rings. The van der Waals surface area contributed by atoms with Crippen LogP contribution in [0.5, 0.6) is 0 Å². The van der Waals surface area contributed by atoms with E-state index in [2.05, 4.69) is 0 Å². The summed E-state index contributed by atoms with van der Waals surface area (Å²) in [6, 6.07) is 0.